The first-order valence-corrected chi connectivity index (χ1v) is 11.6. The highest BCUT2D eigenvalue weighted by Gasteiger charge is 2.36. The molecule has 3 aromatic carbocycles. The second-order valence-electron chi connectivity index (χ2n) is 7.82. The maximum absolute atomic E-state index is 12.8. The highest BCUT2D eigenvalue weighted by molar-refractivity contribution is 8.18. The van der Waals surface area contributed by atoms with Crippen molar-refractivity contribution in [1.82, 2.24) is 4.90 Å². The van der Waals surface area contributed by atoms with E-state index in [0.717, 1.165) is 15.7 Å². The minimum absolute atomic E-state index is 0.0847. The minimum Gasteiger partial charge on any atom is -0.456 e. The van der Waals surface area contributed by atoms with Gasteiger partial charge in [-0.25, -0.2) is 0 Å². The molecule has 0 radical (unpaired) electrons. The van der Waals surface area contributed by atoms with E-state index in [4.69, 9.17) is 4.42 Å². The first kappa shape index (κ1) is 23.1. The molecule has 2 heterocycles. The number of rotatable bonds is 6. The Morgan fingerprint density at radius 1 is 1.00 bits per heavy atom. The van der Waals surface area contributed by atoms with Crippen LogP contribution in [0.15, 0.2) is 88.2 Å². The molecule has 0 spiro atoms. The minimum atomic E-state index is -0.623. The standard InChI is InChI=1S/C26H17N3O6S/c30-24(27-20-10-5-7-16-6-1-2-8-18(16)20)15-28-25(31)23(36-26(28)32)14-17-12-13-22(35-17)19-9-3-4-11-21(19)29(33)34/h1-14H,15H2,(H,27,30)/b23-14+. The Hall–Kier alpha value is -4.70. The van der Waals surface area contributed by atoms with Gasteiger partial charge in [-0.2, -0.15) is 0 Å². The Morgan fingerprint density at radius 3 is 2.58 bits per heavy atom. The van der Waals surface area contributed by atoms with Crippen LogP contribution in [0.2, 0.25) is 0 Å². The van der Waals surface area contributed by atoms with Crippen molar-refractivity contribution in [1.29, 1.82) is 0 Å². The van der Waals surface area contributed by atoms with Gasteiger partial charge in [0.2, 0.25) is 5.91 Å². The van der Waals surface area contributed by atoms with E-state index in [0.29, 0.717) is 23.0 Å². The van der Waals surface area contributed by atoms with Crippen LogP contribution in [0.5, 0.6) is 0 Å². The van der Waals surface area contributed by atoms with Gasteiger partial charge in [-0.1, -0.05) is 48.5 Å². The third kappa shape index (κ3) is 4.49. The largest absolute Gasteiger partial charge is 0.456 e. The van der Waals surface area contributed by atoms with Gasteiger partial charge < -0.3 is 9.73 Å². The summed E-state index contributed by atoms with van der Waals surface area (Å²) in [4.78, 5) is 49.7. The van der Waals surface area contributed by atoms with E-state index in [-0.39, 0.29) is 22.1 Å². The molecule has 0 unspecified atom stereocenters. The average molecular weight is 500 g/mol. The van der Waals surface area contributed by atoms with Crippen LogP contribution < -0.4 is 5.32 Å². The number of benzene rings is 3. The summed E-state index contributed by atoms with van der Waals surface area (Å²) in [6, 6.07) is 22.2. The first-order valence-electron chi connectivity index (χ1n) is 10.8. The number of carbonyl (C=O) groups is 3. The molecular formula is C26H17N3O6S. The Labute approximate surface area is 208 Å². The zero-order valence-corrected chi connectivity index (χ0v) is 19.4. The van der Waals surface area contributed by atoms with Crippen LogP contribution >= 0.6 is 11.8 Å². The maximum atomic E-state index is 12.8. The van der Waals surface area contributed by atoms with Gasteiger partial charge in [0.05, 0.1) is 15.4 Å². The zero-order valence-electron chi connectivity index (χ0n) is 18.5. The lowest BCUT2D eigenvalue weighted by Crippen LogP contribution is -2.36. The van der Waals surface area contributed by atoms with Gasteiger partial charge in [0.15, 0.2) is 0 Å². The number of hydrogen-bond donors (Lipinski definition) is 1. The van der Waals surface area contributed by atoms with Gasteiger partial charge in [0, 0.05) is 23.2 Å². The van der Waals surface area contributed by atoms with Crippen molar-refractivity contribution in [2.45, 2.75) is 0 Å². The number of fused-ring (bicyclic) bond motifs is 1. The number of hydrogen-bond acceptors (Lipinski definition) is 7. The number of amides is 3. The van der Waals surface area contributed by atoms with E-state index in [2.05, 4.69) is 5.32 Å². The summed E-state index contributed by atoms with van der Waals surface area (Å²) in [5.41, 5.74) is 0.759. The van der Waals surface area contributed by atoms with Gasteiger partial charge >= 0.3 is 0 Å². The van der Waals surface area contributed by atoms with Crippen molar-refractivity contribution < 1.29 is 23.7 Å². The summed E-state index contributed by atoms with van der Waals surface area (Å²) in [7, 11) is 0. The lowest BCUT2D eigenvalue weighted by atomic mass is 10.1. The van der Waals surface area contributed by atoms with E-state index < -0.39 is 28.5 Å². The van der Waals surface area contributed by atoms with Gasteiger partial charge in [-0.15, -0.1) is 0 Å². The van der Waals surface area contributed by atoms with Gasteiger partial charge in [-0.05, 0) is 41.4 Å². The Kier molecular flexibility index (Phi) is 6.09. The Balaban J connectivity index is 1.31. The van der Waals surface area contributed by atoms with Crippen LogP contribution in [-0.4, -0.2) is 33.4 Å². The lowest BCUT2D eigenvalue weighted by Gasteiger charge is -2.13. The number of thioether (sulfide) groups is 1. The van der Waals surface area contributed by atoms with Crippen molar-refractivity contribution in [2.75, 3.05) is 11.9 Å². The molecule has 0 bridgehead atoms. The normalized spacial score (nSPS) is 14.6. The second-order valence-corrected chi connectivity index (χ2v) is 8.81. The molecule has 0 aliphatic carbocycles. The highest BCUT2D eigenvalue weighted by Crippen LogP contribution is 2.35. The van der Waals surface area contributed by atoms with Crippen LogP contribution in [0.1, 0.15) is 5.76 Å². The van der Waals surface area contributed by atoms with Crippen LogP contribution in [-0.2, 0) is 9.59 Å². The third-order valence-electron chi connectivity index (χ3n) is 5.51. The predicted octanol–water partition coefficient (Wildman–Crippen LogP) is 5.68. The molecule has 1 saturated heterocycles. The number of nitrogens with one attached hydrogen (secondary N) is 1. The van der Waals surface area contributed by atoms with Gasteiger partial charge in [0.25, 0.3) is 16.8 Å². The summed E-state index contributed by atoms with van der Waals surface area (Å²) in [6.07, 6.45) is 1.38. The number of carbonyl (C=O) groups excluding carboxylic acids is 3. The summed E-state index contributed by atoms with van der Waals surface area (Å²) in [5.74, 6) is -0.635. The molecule has 1 fully saturated rings. The van der Waals surface area contributed by atoms with Gasteiger partial charge in [-0.3, -0.25) is 29.4 Å². The number of para-hydroxylation sites is 1. The zero-order chi connectivity index (χ0) is 25.2. The predicted molar refractivity (Wildman–Crippen MR) is 136 cm³/mol. The van der Waals surface area contributed by atoms with Gasteiger partial charge in [0.1, 0.15) is 18.1 Å². The molecule has 1 aliphatic rings. The molecular weight excluding hydrogens is 482 g/mol. The number of nitrogens with zero attached hydrogens (tertiary/aromatic N) is 2. The molecule has 0 saturated carbocycles. The molecule has 3 amide bonds. The average Bonchev–Trinajstić information content (AvgIpc) is 3.44. The summed E-state index contributed by atoms with van der Waals surface area (Å²) in [5, 5.41) is 15.3. The summed E-state index contributed by atoms with van der Waals surface area (Å²) in [6.45, 7) is -0.440. The molecule has 36 heavy (non-hydrogen) atoms. The highest BCUT2D eigenvalue weighted by atomic mass is 32.2. The maximum Gasteiger partial charge on any atom is 0.294 e. The molecule has 1 aromatic heterocycles. The number of furan rings is 1. The Bertz CT molecular complexity index is 1570. The van der Waals surface area contributed by atoms with E-state index in [9.17, 15) is 24.5 Å². The van der Waals surface area contributed by atoms with Crippen molar-refractivity contribution in [3.8, 4) is 11.3 Å². The van der Waals surface area contributed by atoms with Crippen LogP contribution in [0.3, 0.4) is 0 Å². The molecule has 1 N–H and O–H groups in total. The van der Waals surface area contributed by atoms with E-state index in [1.807, 2.05) is 36.4 Å². The quantitative estimate of drug-likeness (QED) is 0.206. The summed E-state index contributed by atoms with van der Waals surface area (Å²) >= 11 is 0.691. The molecule has 4 aromatic rings. The fourth-order valence-corrected chi connectivity index (χ4v) is 4.67. The molecule has 10 heteroatoms. The molecule has 1 aliphatic heterocycles. The monoisotopic (exact) mass is 499 g/mol. The first-order chi connectivity index (χ1) is 17.4. The molecule has 5 rings (SSSR count). The van der Waals surface area contributed by atoms with Crippen LogP contribution in [0.4, 0.5) is 16.2 Å². The third-order valence-corrected chi connectivity index (χ3v) is 6.41. The van der Waals surface area contributed by atoms with E-state index >= 15 is 0 Å². The smallest absolute Gasteiger partial charge is 0.294 e. The number of nitro groups is 1. The second kappa shape index (κ2) is 9.51. The van der Waals surface area contributed by atoms with Crippen molar-refractivity contribution in [3.63, 3.8) is 0 Å². The topological polar surface area (TPSA) is 123 Å². The molecule has 9 nitrogen and oxygen atoms in total. The lowest BCUT2D eigenvalue weighted by molar-refractivity contribution is -0.384. The van der Waals surface area contributed by atoms with Crippen LogP contribution in [0, 0.1) is 10.1 Å². The number of anilines is 1. The van der Waals surface area contributed by atoms with Crippen molar-refractivity contribution in [3.05, 3.63) is 99.6 Å². The number of nitro benzene ring substituents is 1. The van der Waals surface area contributed by atoms with Crippen molar-refractivity contribution in [2.24, 2.45) is 0 Å². The molecule has 0 atom stereocenters. The van der Waals surface area contributed by atoms with E-state index in [1.54, 1.807) is 36.4 Å². The van der Waals surface area contributed by atoms with Crippen molar-refractivity contribution >= 4 is 57.0 Å². The SMILES string of the molecule is O=C(CN1C(=O)S/C(=C/c2ccc(-c3ccccc3[N+](=O)[O-])o2)C1=O)Nc1cccc2ccccc12. The fourth-order valence-electron chi connectivity index (χ4n) is 3.85. The van der Waals surface area contributed by atoms with E-state index in [1.165, 1.54) is 12.1 Å². The molecule has 178 valence electrons. The fraction of sp³-hybridized carbons (Fsp3) is 0.0385. The number of imide groups is 1. The summed E-state index contributed by atoms with van der Waals surface area (Å²) < 4.78 is 5.69. The Morgan fingerprint density at radius 2 is 1.75 bits per heavy atom. The van der Waals surface area contributed by atoms with Crippen LogP contribution in [0.25, 0.3) is 28.2 Å².